The maximum atomic E-state index is 13.5. The van der Waals surface area contributed by atoms with Crippen LogP contribution >= 0.6 is 0 Å². The summed E-state index contributed by atoms with van der Waals surface area (Å²) in [5, 5.41) is 3.14. The minimum absolute atomic E-state index is 0.243. The van der Waals surface area contributed by atoms with E-state index in [1.54, 1.807) is 12.1 Å². The summed E-state index contributed by atoms with van der Waals surface area (Å²) < 4.78 is 18.4. The minimum Gasteiger partial charge on any atom is -0.494 e. The van der Waals surface area contributed by atoms with Crippen molar-refractivity contribution < 1.29 is 9.13 Å². The second-order valence-corrected chi connectivity index (χ2v) is 4.17. The fourth-order valence-electron chi connectivity index (χ4n) is 1.76. The zero-order valence-corrected chi connectivity index (χ0v) is 10.8. The predicted octanol–water partition coefficient (Wildman–Crippen LogP) is 3.96. The number of benzene rings is 2. The number of anilines is 1. The highest BCUT2D eigenvalue weighted by molar-refractivity contribution is 5.67. The standard InChI is InChI=1S/C16H16FNO/c1-12(13-6-4-3-5-7-13)11-18-14-8-9-16(19-2)15(17)10-14/h3-10,18H,1,11H2,2H3. The van der Waals surface area contributed by atoms with E-state index in [0.29, 0.717) is 12.2 Å². The molecule has 0 aromatic heterocycles. The van der Waals surface area contributed by atoms with Crippen LogP contribution in [0.4, 0.5) is 10.1 Å². The smallest absolute Gasteiger partial charge is 0.167 e. The molecule has 0 amide bonds. The van der Waals surface area contributed by atoms with Crippen molar-refractivity contribution in [1.82, 2.24) is 0 Å². The molecule has 0 unspecified atom stereocenters. The van der Waals surface area contributed by atoms with Crippen LogP contribution in [0, 0.1) is 5.82 Å². The van der Waals surface area contributed by atoms with Crippen LogP contribution in [0.15, 0.2) is 55.1 Å². The number of halogens is 1. The van der Waals surface area contributed by atoms with Gasteiger partial charge >= 0.3 is 0 Å². The second-order valence-electron chi connectivity index (χ2n) is 4.17. The normalized spacial score (nSPS) is 10.0. The first-order valence-electron chi connectivity index (χ1n) is 6.01. The van der Waals surface area contributed by atoms with Gasteiger partial charge in [0.2, 0.25) is 0 Å². The van der Waals surface area contributed by atoms with Gasteiger partial charge < -0.3 is 10.1 Å². The number of rotatable bonds is 5. The molecular formula is C16H16FNO. The molecule has 0 atom stereocenters. The molecule has 19 heavy (non-hydrogen) atoms. The van der Waals surface area contributed by atoms with Gasteiger partial charge in [0.05, 0.1) is 7.11 Å². The molecule has 0 saturated carbocycles. The van der Waals surface area contributed by atoms with Crippen LogP contribution in [0.2, 0.25) is 0 Å². The molecule has 2 nitrogen and oxygen atoms in total. The van der Waals surface area contributed by atoms with Gasteiger partial charge in [-0.3, -0.25) is 0 Å². The summed E-state index contributed by atoms with van der Waals surface area (Å²) in [5.41, 5.74) is 2.73. The Morgan fingerprint density at radius 3 is 2.58 bits per heavy atom. The Bertz CT molecular complexity index is 566. The third-order valence-corrected chi connectivity index (χ3v) is 2.84. The fourth-order valence-corrected chi connectivity index (χ4v) is 1.76. The van der Waals surface area contributed by atoms with Crippen molar-refractivity contribution in [2.75, 3.05) is 19.0 Å². The molecule has 0 saturated heterocycles. The summed E-state index contributed by atoms with van der Waals surface area (Å²) in [6, 6.07) is 14.7. The van der Waals surface area contributed by atoms with Crippen LogP contribution in [-0.4, -0.2) is 13.7 Å². The Hall–Kier alpha value is -2.29. The summed E-state index contributed by atoms with van der Waals surface area (Å²) in [5.74, 6) is -0.134. The number of ether oxygens (including phenoxy) is 1. The van der Waals surface area contributed by atoms with E-state index in [1.165, 1.54) is 13.2 Å². The minimum atomic E-state index is -0.377. The maximum Gasteiger partial charge on any atom is 0.167 e. The fraction of sp³-hybridized carbons (Fsp3) is 0.125. The van der Waals surface area contributed by atoms with Crippen molar-refractivity contribution in [3.05, 3.63) is 66.5 Å². The van der Waals surface area contributed by atoms with Crippen molar-refractivity contribution in [1.29, 1.82) is 0 Å². The monoisotopic (exact) mass is 257 g/mol. The molecule has 98 valence electrons. The van der Waals surface area contributed by atoms with Crippen LogP contribution in [0.3, 0.4) is 0 Å². The summed E-state index contributed by atoms with van der Waals surface area (Å²) in [7, 11) is 1.45. The van der Waals surface area contributed by atoms with Crippen LogP contribution in [0.5, 0.6) is 5.75 Å². The number of methoxy groups -OCH3 is 1. The molecule has 2 aromatic carbocycles. The Labute approximate surface area is 112 Å². The molecule has 2 rings (SSSR count). The number of hydrogen-bond donors (Lipinski definition) is 1. The van der Waals surface area contributed by atoms with E-state index in [9.17, 15) is 4.39 Å². The first kappa shape index (κ1) is 13.1. The number of nitrogens with one attached hydrogen (secondary N) is 1. The van der Waals surface area contributed by atoms with Gasteiger partial charge in [0.25, 0.3) is 0 Å². The van der Waals surface area contributed by atoms with E-state index in [1.807, 2.05) is 30.3 Å². The van der Waals surface area contributed by atoms with Crippen molar-refractivity contribution >= 4 is 11.3 Å². The Morgan fingerprint density at radius 1 is 1.21 bits per heavy atom. The molecule has 0 radical (unpaired) electrons. The number of hydrogen-bond acceptors (Lipinski definition) is 2. The SMILES string of the molecule is C=C(CNc1ccc(OC)c(F)c1)c1ccccc1. The van der Waals surface area contributed by atoms with E-state index in [0.717, 1.165) is 11.1 Å². The molecule has 0 aliphatic heterocycles. The third-order valence-electron chi connectivity index (χ3n) is 2.84. The molecule has 3 heteroatoms. The Balaban J connectivity index is 1.99. The zero-order chi connectivity index (χ0) is 13.7. The van der Waals surface area contributed by atoms with Crippen molar-refractivity contribution in [2.45, 2.75) is 0 Å². The quantitative estimate of drug-likeness (QED) is 0.875. The van der Waals surface area contributed by atoms with Gasteiger partial charge in [-0.05, 0) is 23.3 Å². The summed E-state index contributed by atoms with van der Waals surface area (Å²) in [4.78, 5) is 0. The maximum absolute atomic E-state index is 13.5. The highest BCUT2D eigenvalue weighted by Gasteiger charge is 2.04. The van der Waals surface area contributed by atoms with Gasteiger partial charge in [-0.1, -0.05) is 36.9 Å². The molecule has 0 bridgehead atoms. The van der Waals surface area contributed by atoms with Crippen LogP contribution < -0.4 is 10.1 Å². The summed E-state index contributed by atoms with van der Waals surface area (Å²) in [6.07, 6.45) is 0. The molecule has 0 aliphatic rings. The molecule has 0 heterocycles. The molecule has 0 aliphatic carbocycles. The van der Waals surface area contributed by atoms with Gasteiger partial charge in [-0.15, -0.1) is 0 Å². The van der Waals surface area contributed by atoms with E-state index in [2.05, 4.69) is 11.9 Å². The first-order chi connectivity index (χ1) is 9.20. The molecular weight excluding hydrogens is 241 g/mol. The van der Waals surface area contributed by atoms with Gasteiger partial charge in [0, 0.05) is 18.3 Å². The summed E-state index contributed by atoms with van der Waals surface area (Å²) in [6.45, 7) is 4.58. The average molecular weight is 257 g/mol. The molecule has 0 fully saturated rings. The second kappa shape index (κ2) is 6.05. The predicted molar refractivity (Wildman–Crippen MR) is 76.9 cm³/mol. The van der Waals surface area contributed by atoms with Gasteiger partial charge in [-0.25, -0.2) is 4.39 Å². The van der Waals surface area contributed by atoms with Gasteiger partial charge in [0.1, 0.15) is 0 Å². The molecule has 0 spiro atoms. The zero-order valence-electron chi connectivity index (χ0n) is 10.8. The van der Waals surface area contributed by atoms with Crippen LogP contribution in [0.1, 0.15) is 5.56 Å². The van der Waals surface area contributed by atoms with Gasteiger partial charge in [0.15, 0.2) is 11.6 Å². The lowest BCUT2D eigenvalue weighted by Crippen LogP contribution is -2.03. The molecule has 1 N–H and O–H groups in total. The van der Waals surface area contributed by atoms with Gasteiger partial charge in [-0.2, -0.15) is 0 Å². The largest absolute Gasteiger partial charge is 0.494 e. The topological polar surface area (TPSA) is 21.3 Å². The van der Waals surface area contributed by atoms with E-state index in [-0.39, 0.29) is 11.6 Å². The lowest BCUT2D eigenvalue weighted by Gasteiger charge is -2.10. The Morgan fingerprint density at radius 2 is 1.95 bits per heavy atom. The highest BCUT2D eigenvalue weighted by atomic mass is 19.1. The highest BCUT2D eigenvalue weighted by Crippen LogP contribution is 2.21. The van der Waals surface area contributed by atoms with Crippen molar-refractivity contribution in [3.8, 4) is 5.75 Å². The van der Waals surface area contributed by atoms with E-state index >= 15 is 0 Å². The Kier molecular flexibility index (Phi) is 4.18. The third kappa shape index (κ3) is 3.35. The van der Waals surface area contributed by atoms with Crippen molar-refractivity contribution in [2.24, 2.45) is 0 Å². The van der Waals surface area contributed by atoms with E-state index in [4.69, 9.17) is 4.74 Å². The lowest BCUT2D eigenvalue weighted by molar-refractivity contribution is 0.386. The van der Waals surface area contributed by atoms with E-state index < -0.39 is 0 Å². The van der Waals surface area contributed by atoms with Crippen LogP contribution in [-0.2, 0) is 0 Å². The average Bonchev–Trinajstić information content (AvgIpc) is 2.46. The summed E-state index contributed by atoms with van der Waals surface area (Å²) >= 11 is 0. The lowest BCUT2D eigenvalue weighted by atomic mass is 10.1. The van der Waals surface area contributed by atoms with Crippen molar-refractivity contribution in [3.63, 3.8) is 0 Å². The first-order valence-corrected chi connectivity index (χ1v) is 6.01. The molecule has 2 aromatic rings. The van der Waals surface area contributed by atoms with Crippen LogP contribution in [0.25, 0.3) is 5.57 Å².